The summed E-state index contributed by atoms with van der Waals surface area (Å²) in [6.45, 7) is 1.64. The number of anilines is 2. The standard InChI is InChI=1S/C23H20ClN3O6S2/c1-15(28)25-14-16-6-9-19(10-7-16)34(29,30)26-20-11-8-18(24)13-21(20)27-35(31,32)23-12-17-4-2-3-5-22(17)33-23/h2-13,26-27H,14H2,1H3,(H,25,28). The molecule has 0 bridgehead atoms. The van der Waals surface area contributed by atoms with E-state index in [1.807, 2.05) is 0 Å². The average Bonchev–Trinajstić information content (AvgIpc) is 3.25. The van der Waals surface area contributed by atoms with Gasteiger partial charge in [-0.1, -0.05) is 41.9 Å². The van der Waals surface area contributed by atoms with Gasteiger partial charge in [0.15, 0.2) is 0 Å². The first-order valence-corrected chi connectivity index (χ1v) is 13.6. The number of fused-ring (bicyclic) bond motifs is 1. The average molecular weight is 534 g/mol. The van der Waals surface area contributed by atoms with Gasteiger partial charge in [-0.05, 0) is 42.0 Å². The van der Waals surface area contributed by atoms with Crippen LogP contribution in [0, 0.1) is 0 Å². The van der Waals surface area contributed by atoms with Crippen LogP contribution in [0.2, 0.25) is 5.02 Å². The van der Waals surface area contributed by atoms with Crippen molar-refractivity contribution in [2.75, 3.05) is 9.44 Å². The fraction of sp³-hybridized carbons (Fsp3) is 0.0870. The molecule has 0 unspecified atom stereocenters. The minimum atomic E-state index is -4.20. The number of carbonyl (C=O) groups excluding carboxylic acids is 1. The van der Waals surface area contributed by atoms with Crippen molar-refractivity contribution in [3.8, 4) is 0 Å². The van der Waals surface area contributed by atoms with E-state index in [9.17, 15) is 21.6 Å². The molecular formula is C23H20ClN3O6S2. The Hall–Kier alpha value is -3.54. The second-order valence-corrected chi connectivity index (χ2v) is 11.3. The molecule has 1 heterocycles. The lowest BCUT2D eigenvalue weighted by Crippen LogP contribution is -2.19. The van der Waals surface area contributed by atoms with E-state index in [0.29, 0.717) is 16.5 Å². The molecule has 0 aliphatic heterocycles. The van der Waals surface area contributed by atoms with E-state index in [-0.39, 0.29) is 38.8 Å². The Kier molecular flexibility index (Phi) is 6.75. The van der Waals surface area contributed by atoms with Gasteiger partial charge < -0.3 is 9.73 Å². The van der Waals surface area contributed by atoms with Crippen LogP contribution >= 0.6 is 11.6 Å². The number of nitrogens with one attached hydrogen (secondary N) is 3. The molecule has 0 fully saturated rings. The van der Waals surface area contributed by atoms with Crippen molar-refractivity contribution >= 4 is 59.9 Å². The van der Waals surface area contributed by atoms with E-state index in [1.165, 1.54) is 43.3 Å². The molecule has 1 aromatic heterocycles. The highest BCUT2D eigenvalue weighted by Gasteiger charge is 2.23. The normalized spacial score (nSPS) is 11.8. The van der Waals surface area contributed by atoms with Crippen LogP contribution in [-0.4, -0.2) is 22.7 Å². The number of hydrogen-bond donors (Lipinski definition) is 3. The Balaban J connectivity index is 1.60. The van der Waals surface area contributed by atoms with Crippen LogP contribution in [0.1, 0.15) is 12.5 Å². The van der Waals surface area contributed by atoms with Gasteiger partial charge in [-0.25, -0.2) is 8.42 Å². The van der Waals surface area contributed by atoms with E-state index in [4.69, 9.17) is 16.0 Å². The summed E-state index contributed by atoms with van der Waals surface area (Å²) in [5.74, 6) is -0.205. The number of para-hydroxylation sites is 1. The molecule has 182 valence electrons. The molecule has 12 heteroatoms. The van der Waals surface area contributed by atoms with E-state index < -0.39 is 20.0 Å². The quantitative estimate of drug-likeness (QED) is 0.308. The molecule has 35 heavy (non-hydrogen) atoms. The number of sulfonamides is 2. The largest absolute Gasteiger partial charge is 0.443 e. The van der Waals surface area contributed by atoms with Gasteiger partial charge in [0.1, 0.15) is 5.58 Å². The van der Waals surface area contributed by atoms with E-state index in [0.717, 1.165) is 0 Å². The number of hydrogen-bond acceptors (Lipinski definition) is 6. The molecule has 4 rings (SSSR count). The summed E-state index contributed by atoms with van der Waals surface area (Å²) in [5.41, 5.74) is 0.993. The van der Waals surface area contributed by atoms with Crippen LogP contribution in [0.3, 0.4) is 0 Å². The van der Waals surface area contributed by atoms with Gasteiger partial charge in [0.2, 0.25) is 11.0 Å². The predicted octanol–water partition coefficient (Wildman–Crippen LogP) is 4.32. The number of benzene rings is 3. The van der Waals surface area contributed by atoms with Gasteiger partial charge in [0.25, 0.3) is 20.0 Å². The highest BCUT2D eigenvalue weighted by atomic mass is 35.5. The summed E-state index contributed by atoms with van der Waals surface area (Å²) < 4.78 is 62.0. The lowest BCUT2D eigenvalue weighted by molar-refractivity contribution is -0.119. The minimum absolute atomic E-state index is 0.0311. The zero-order valence-corrected chi connectivity index (χ0v) is 20.7. The maximum Gasteiger partial charge on any atom is 0.295 e. The lowest BCUT2D eigenvalue weighted by atomic mass is 10.2. The Morgan fingerprint density at radius 3 is 2.23 bits per heavy atom. The molecule has 3 N–H and O–H groups in total. The highest BCUT2D eigenvalue weighted by Crippen LogP contribution is 2.31. The Labute approximate surface area is 207 Å². The van der Waals surface area contributed by atoms with E-state index >= 15 is 0 Å². The molecule has 9 nitrogen and oxygen atoms in total. The maximum absolute atomic E-state index is 13.0. The molecule has 0 saturated carbocycles. The summed E-state index contributed by atoms with van der Waals surface area (Å²) in [4.78, 5) is 11.0. The topological polar surface area (TPSA) is 135 Å². The second-order valence-electron chi connectivity index (χ2n) is 7.56. The summed E-state index contributed by atoms with van der Waals surface area (Å²) in [6.07, 6.45) is 0. The van der Waals surface area contributed by atoms with Crippen LogP contribution in [0.25, 0.3) is 11.0 Å². The van der Waals surface area contributed by atoms with Gasteiger partial charge in [-0.3, -0.25) is 14.2 Å². The Morgan fingerprint density at radius 2 is 1.54 bits per heavy atom. The summed E-state index contributed by atoms with van der Waals surface area (Å²) in [6, 6.07) is 18.1. The van der Waals surface area contributed by atoms with Crippen molar-refractivity contribution in [2.45, 2.75) is 23.5 Å². The van der Waals surface area contributed by atoms with Crippen LogP contribution in [0.4, 0.5) is 11.4 Å². The summed E-state index contributed by atoms with van der Waals surface area (Å²) >= 11 is 6.05. The van der Waals surface area contributed by atoms with Crippen LogP contribution in [0.5, 0.6) is 0 Å². The first-order chi connectivity index (χ1) is 16.5. The zero-order valence-electron chi connectivity index (χ0n) is 18.3. The number of halogens is 1. The van der Waals surface area contributed by atoms with Crippen molar-refractivity contribution in [3.05, 3.63) is 83.4 Å². The number of amides is 1. The molecule has 3 aromatic carbocycles. The van der Waals surface area contributed by atoms with Crippen molar-refractivity contribution in [3.63, 3.8) is 0 Å². The SMILES string of the molecule is CC(=O)NCc1ccc(S(=O)(=O)Nc2ccc(Cl)cc2NS(=O)(=O)c2cc3ccccc3o2)cc1. The van der Waals surface area contributed by atoms with Crippen molar-refractivity contribution < 1.29 is 26.0 Å². The third kappa shape index (κ3) is 5.76. The molecule has 0 aliphatic carbocycles. The molecule has 0 atom stereocenters. The molecule has 0 radical (unpaired) electrons. The number of carbonyl (C=O) groups is 1. The second kappa shape index (κ2) is 9.61. The van der Waals surface area contributed by atoms with Gasteiger partial charge >= 0.3 is 0 Å². The predicted molar refractivity (Wildman–Crippen MR) is 133 cm³/mol. The van der Waals surface area contributed by atoms with Crippen LogP contribution in [0.15, 0.2) is 87.2 Å². The van der Waals surface area contributed by atoms with Gasteiger partial charge in [-0.2, -0.15) is 8.42 Å². The van der Waals surface area contributed by atoms with Gasteiger partial charge in [0, 0.05) is 29.9 Å². The van der Waals surface area contributed by atoms with Crippen molar-refractivity contribution in [2.24, 2.45) is 0 Å². The molecule has 0 saturated heterocycles. The van der Waals surface area contributed by atoms with Gasteiger partial charge in [0.05, 0.1) is 16.3 Å². The molecule has 0 aliphatic rings. The van der Waals surface area contributed by atoms with Crippen LogP contribution < -0.4 is 14.8 Å². The number of rotatable bonds is 8. The van der Waals surface area contributed by atoms with Crippen molar-refractivity contribution in [1.82, 2.24) is 5.32 Å². The smallest absolute Gasteiger partial charge is 0.295 e. The molecular weight excluding hydrogens is 514 g/mol. The Morgan fingerprint density at radius 1 is 0.857 bits per heavy atom. The third-order valence-electron chi connectivity index (χ3n) is 4.91. The van der Waals surface area contributed by atoms with Gasteiger partial charge in [-0.15, -0.1) is 0 Å². The fourth-order valence-electron chi connectivity index (χ4n) is 3.19. The van der Waals surface area contributed by atoms with E-state index in [1.54, 1.807) is 36.4 Å². The highest BCUT2D eigenvalue weighted by molar-refractivity contribution is 7.93. The molecule has 1 amide bonds. The zero-order chi connectivity index (χ0) is 25.2. The first kappa shape index (κ1) is 24.6. The molecule has 4 aromatic rings. The lowest BCUT2D eigenvalue weighted by Gasteiger charge is -2.14. The summed E-state index contributed by atoms with van der Waals surface area (Å²) in [5, 5.41) is 3.09. The van der Waals surface area contributed by atoms with Crippen LogP contribution in [-0.2, 0) is 31.4 Å². The maximum atomic E-state index is 13.0. The van der Waals surface area contributed by atoms with E-state index in [2.05, 4.69) is 14.8 Å². The number of furan rings is 1. The Bertz CT molecular complexity index is 1580. The minimum Gasteiger partial charge on any atom is -0.443 e. The summed E-state index contributed by atoms with van der Waals surface area (Å²) in [7, 11) is -8.27. The monoisotopic (exact) mass is 533 g/mol. The van der Waals surface area contributed by atoms with Crippen molar-refractivity contribution in [1.29, 1.82) is 0 Å². The first-order valence-electron chi connectivity index (χ1n) is 10.2. The fourth-order valence-corrected chi connectivity index (χ4v) is 5.48. The third-order valence-corrected chi connectivity index (χ3v) is 7.75. The molecule has 0 spiro atoms.